The van der Waals surface area contributed by atoms with Gasteiger partial charge in [0.15, 0.2) is 0 Å². The van der Waals surface area contributed by atoms with Crippen LogP contribution in [0.4, 0.5) is 0 Å². The molecule has 1 aromatic rings. The normalized spacial score (nSPS) is 8.00. The van der Waals surface area contributed by atoms with Crippen LogP contribution in [0.1, 0.15) is 26.3 Å². The Labute approximate surface area is 102 Å². The van der Waals surface area contributed by atoms with Crippen LogP contribution in [0.25, 0.3) is 0 Å². The zero-order chi connectivity index (χ0) is 8.69. The van der Waals surface area contributed by atoms with Gasteiger partial charge in [0.2, 0.25) is 0 Å². The molecule has 0 aliphatic rings. The molecule has 1 rings (SSSR count). The van der Waals surface area contributed by atoms with Crippen LogP contribution >= 0.6 is 0 Å². The van der Waals surface area contributed by atoms with E-state index < -0.39 is 0 Å². The number of rotatable bonds is 0. The molecule has 1 aromatic carbocycles. The van der Waals surface area contributed by atoms with E-state index >= 15 is 0 Å². The molecule has 0 bridgehead atoms. The third kappa shape index (κ3) is 12.8. The van der Waals surface area contributed by atoms with E-state index in [2.05, 4.69) is 27.7 Å². The average molecular weight is 237 g/mol. The maximum absolute atomic E-state index is 3.72. The molecule has 0 aliphatic heterocycles. The molecule has 1 radical (unpaired) electrons. The van der Waals surface area contributed by atoms with Gasteiger partial charge in [0.05, 0.1) is 0 Å². The van der Waals surface area contributed by atoms with Crippen LogP contribution in [0, 0.1) is 12.8 Å². The van der Waals surface area contributed by atoms with Crippen LogP contribution in [0.2, 0.25) is 0 Å². The molecule has 0 fully saturated rings. The average Bonchev–Trinajstić information content (AvgIpc) is 1.87. The van der Waals surface area contributed by atoms with E-state index in [0.29, 0.717) is 0 Å². The monoisotopic (exact) mass is 237 g/mol. The summed E-state index contributed by atoms with van der Waals surface area (Å²) in [6, 6.07) is 9.87. The molecule has 0 saturated carbocycles. The molecule has 0 saturated heterocycles. The van der Waals surface area contributed by atoms with Crippen molar-refractivity contribution in [3.8, 4) is 0 Å². The summed E-state index contributed by atoms with van der Waals surface area (Å²) in [5, 5.41) is 0. The molecule has 0 amide bonds. The maximum atomic E-state index is 3.72. The van der Waals surface area contributed by atoms with Gasteiger partial charge in [0.25, 0.3) is 0 Å². The molecule has 0 unspecified atom stereocenters. The predicted octanol–water partition coefficient (Wildman–Crippen LogP) is 3.49. The zero-order valence-corrected chi connectivity index (χ0v) is 11.0. The molecule has 12 heavy (non-hydrogen) atoms. The quantitative estimate of drug-likeness (QED) is 0.606. The van der Waals surface area contributed by atoms with Gasteiger partial charge in [-0.3, -0.25) is 0 Å². The van der Waals surface area contributed by atoms with Crippen LogP contribution in [-0.4, -0.2) is 0 Å². The van der Waals surface area contributed by atoms with E-state index in [4.69, 9.17) is 0 Å². The van der Waals surface area contributed by atoms with Crippen molar-refractivity contribution in [2.24, 2.45) is 0 Å². The van der Waals surface area contributed by atoms with Crippen molar-refractivity contribution >= 4 is 0 Å². The van der Waals surface area contributed by atoms with Gasteiger partial charge in [-0.2, -0.15) is 45.4 Å². The van der Waals surface area contributed by atoms with E-state index in [0.717, 1.165) is 5.56 Å². The summed E-state index contributed by atoms with van der Waals surface area (Å²) in [4.78, 5) is 0. The van der Waals surface area contributed by atoms with Gasteiger partial charge in [-0.05, 0) is 0 Å². The van der Waals surface area contributed by atoms with Gasteiger partial charge in [-0.1, -0.05) is 6.07 Å². The molecule has 1 heteroatoms. The van der Waals surface area contributed by atoms with E-state index in [-0.39, 0.29) is 32.7 Å². The van der Waals surface area contributed by atoms with E-state index in [1.54, 1.807) is 0 Å². The smallest absolute Gasteiger partial charge is 0 e. The van der Waals surface area contributed by atoms with Crippen molar-refractivity contribution in [2.75, 3.05) is 0 Å². The zero-order valence-electron chi connectivity index (χ0n) is 8.17. The van der Waals surface area contributed by atoms with Crippen molar-refractivity contribution < 1.29 is 32.7 Å². The number of hydrogen-bond donors (Lipinski definition) is 0. The Morgan fingerprint density at radius 2 is 1.33 bits per heavy atom. The molecular formula is C11H16Y-2. The molecule has 0 aliphatic carbocycles. The van der Waals surface area contributed by atoms with E-state index in [1.165, 1.54) is 5.92 Å². The first-order chi connectivity index (χ1) is 5.13. The fourth-order valence-corrected chi connectivity index (χ4v) is 0.478. The Hall–Kier alpha value is 0.194. The first-order valence-electron chi connectivity index (χ1n) is 3.76. The molecule has 0 aromatic heterocycles. The molecule has 0 spiro atoms. The Balaban J connectivity index is 0. The van der Waals surface area contributed by atoms with E-state index in [9.17, 15) is 0 Å². The maximum Gasteiger partial charge on any atom is 0 e. The first kappa shape index (κ1) is 14.7. The van der Waals surface area contributed by atoms with Crippen LogP contribution < -0.4 is 0 Å². The molecule has 65 valence electrons. The fraction of sp³-hybridized carbons (Fsp3) is 0.273. The van der Waals surface area contributed by atoms with Gasteiger partial charge in [0, 0.05) is 32.7 Å². The number of benzene rings is 1. The minimum atomic E-state index is 0. The Kier molecular flexibility index (Phi) is 11.4. The Morgan fingerprint density at radius 1 is 1.00 bits per heavy atom. The summed E-state index contributed by atoms with van der Waals surface area (Å²) in [6.07, 6.45) is 0. The SMILES string of the molecule is C[C-](C)C.[CH2-]c1ccccc1.[Y]. The van der Waals surface area contributed by atoms with Gasteiger partial charge in [-0.25, -0.2) is 0 Å². The van der Waals surface area contributed by atoms with Crippen molar-refractivity contribution in [2.45, 2.75) is 20.8 Å². The summed E-state index contributed by atoms with van der Waals surface area (Å²) >= 11 is 0. The number of hydrogen-bond acceptors (Lipinski definition) is 0. The minimum Gasteiger partial charge on any atom is -0.323 e. The van der Waals surface area contributed by atoms with Crippen LogP contribution in [0.15, 0.2) is 30.3 Å². The van der Waals surface area contributed by atoms with Crippen molar-refractivity contribution in [1.29, 1.82) is 0 Å². The van der Waals surface area contributed by atoms with Gasteiger partial charge >= 0.3 is 0 Å². The van der Waals surface area contributed by atoms with Crippen LogP contribution in [-0.2, 0) is 32.7 Å². The van der Waals surface area contributed by atoms with Gasteiger partial charge in [-0.15, -0.1) is 12.1 Å². The van der Waals surface area contributed by atoms with Crippen LogP contribution in [0.5, 0.6) is 0 Å². The molecular weight excluding hydrogens is 221 g/mol. The van der Waals surface area contributed by atoms with Crippen molar-refractivity contribution in [1.82, 2.24) is 0 Å². The van der Waals surface area contributed by atoms with Crippen molar-refractivity contribution in [3.63, 3.8) is 0 Å². The second-order valence-corrected chi connectivity index (χ2v) is 2.99. The summed E-state index contributed by atoms with van der Waals surface area (Å²) in [5.41, 5.74) is 1.07. The summed E-state index contributed by atoms with van der Waals surface area (Å²) in [7, 11) is 0. The van der Waals surface area contributed by atoms with Crippen molar-refractivity contribution in [3.05, 3.63) is 48.7 Å². The predicted molar refractivity (Wildman–Crippen MR) is 51.2 cm³/mol. The molecule has 0 N–H and O–H groups in total. The van der Waals surface area contributed by atoms with E-state index in [1.807, 2.05) is 30.3 Å². The standard InChI is InChI=1S/C7H7.C4H9.Y/c1-7-5-3-2-4-6-7;1-4(2)3;/h2-6H,1H2;1-3H3;/q2*-1;. The fourth-order valence-electron chi connectivity index (χ4n) is 0.478. The Morgan fingerprint density at radius 3 is 1.50 bits per heavy atom. The van der Waals surface area contributed by atoms with Gasteiger partial charge < -0.3 is 5.92 Å². The second-order valence-electron chi connectivity index (χ2n) is 2.99. The molecule has 0 atom stereocenters. The molecule has 0 nitrogen and oxygen atoms in total. The summed E-state index contributed by atoms with van der Waals surface area (Å²) in [6.45, 7) is 9.97. The molecule has 0 heterocycles. The van der Waals surface area contributed by atoms with Crippen LogP contribution in [0.3, 0.4) is 0 Å². The second kappa shape index (κ2) is 9.28. The minimum absolute atomic E-state index is 0. The summed E-state index contributed by atoms with van der Waals surface area (Å²) in [5.74, 6) is 1.42. The third-order valence-corrected chi connectivity index (χ3v) is 0.843. The topological polar surface area (TPSA) is 0 Å². The Bertz CT molecular complexity index is 165. The first-order valence-corrected chi connectivity index (χ1v) is 3.76. The largest absolute Gasteiger partial charge is 0.323 e. The third-order valence-electron chi connectivity index (χ3n) is 0.843. The summed E-state index contributed by atoms with van der Waals surface area (Å²) < 4.78 is 0. The van der Waals surface area contributed by atoms with Gasteiger partial charge in [0.1, 0.15) is 0 Å².